The predicted molar refractivity (Wildman–Crippen MR) is 83.5 cm³/mol. The van der Waals surface area contributed by atoms with Gasteiger partial charge in [-0.1, -0.05) is 5.10 Å². The third-order valence-electron chi connectivity index (χ3n) is 2.66. The Balaban J connectivity index is 2.12. The van der Waals surface area contributed by atoms with Crippen LogP contribution in [-0.2, 0) is 33.1 Å². The molecular formula is C13H13N5O3S2. The summed E-state index contributed by atoms with van der Waals surface area (Å²) in [5.41, 5.74) is 0.739. The van der Waals surface area contributed by atoms with E-state index in [0.717, 1.165) is 5.56 Å². The van der Waals surface area contributed by atoms with Gasteiger partial charge in [0, 0.05) is 11.9 Å². The van der Waals surface area contributed by atoms with E-state index in [1.807, 2.05) is 11.4 Å². The van der Waals surface area contributed by atoms with Gasteiger partial charge in [-0.3, -0.25) is 4.21 Å². The second-order valence-corrected chi connectivity index (χ2v) is 6.61. The van der Waals surface area contributed by atoms with Gasteiger partial charge in [0.2, 0.25) is 5.16 Å². The minimum absolute atomic E-state index is 0.0705. The fourth-order valence-electron chi connectivity index (χ4n) is 1.66. The highest BCUT2D eigenvalue weighted by Gasteiger charge is 2.14. The maximum Gasteiger partial charge on any atom is 0.348 e. The second kappa shape index (κ2) is 7.75. The average molecular weight is 351 g/mol. The van der Waals surface area contributed by atoms with Crippen molar-refractivity contribution in [2.24, 2.45) is 7.05 Å². The van der Waals surface area contributed by atoms with Crippen molar-refractivity contribution >= 4 is 34.2 Å². The van der Waals surface area contributed by atoms with Crippen LogP contribution in [0.4, 0.5) is 0 Å². The molecule has 8 nitrogen and oxygen atoms in total. The molecule has 0 aromatic carbocycles. The Bertz CT molecular complexity index is 803. The molecule has 1 atom stereocenters. The van der Waals surface area contributed by atoms with E-state index in [9.17, 15) is 9.00 Å². The summed E-state index contributed by atoms with van der Waals surface area (Å²) in [6.45, 7) is 1.88. The summed E-state index contributed by atoms with van der Waals surface area (Å²) in [6, 6.07) is 3.59. The lowest BCUT2D eigenvalue weighted by Gasteiger charge is -1.98. The number of aryl methyl sites for hydroxylation is 1. The number of tetrazole rings is 1. The van der Waals surface area contributed by atoms with Gasteiger partial charge in [0.25, 0.3) is 0 Å². The summed E-state index contributed by atoms with van der Waals surface area (Å²) >= 11 is 1.34. The number of rotatable bonds is 6. The molecule has 0 aliphatic carbocycles. The van der Waals surface area contributed by atoms with Crippen molar-refractivity contribution in [3.63, 3.8) is 0 Å². The van der Waals surface area contributed by atoms with E-state index in [1.165, 1.54) is 22.1 Å². The number of carbonyl (C=O) groups excluding carboxylic acids is 1. The molecule has 0 fully saturated rings. The molecule has 0 N–H and O–H groups in total. The Kier molecular flexibility index (Phi) is 5.72. The van der Waals surface area contributed by atoms with Crippen LogP contribution < -0.4 is 0 Å². The van der Waals surface area contributed by atoms with Crippen LogP contribution in [0.1, 0.15) is 17.4 Å². The van der Waals surface area contributed by atoms with E-state index in [4.69, 9.17) is 10.00 Å². The van der Waals surface area contributed by atoms with Gasteiger partial charge in [-0.2, -0.15) is 5.26 Å². The normalized spacial score (nSPS) is 12.7. The maximum absolute atomic E-state index is 12.2. The van der Waals surface area contributed by atoms with Crippen molar-refractivity contribution < 1.29 is 13.7 Å². The molecule has 10 heteroatoms. The molecule has 0 aliphatic rings. The maximum atomic E-state index is 12.2. The van der Waals surface area contributed by atoms with Gasteiger partial charge in [0.15, 0.2) is 0 Å². The number of thiophene rings is 1. The zero-order valence-corrected chi connectivity index (χ0v) is 14.1. The van der Waals surface area contributed by atoms with Crippen molar-refractivity contribution in [1.82, 2.24) is 20.2 Å². The first-order chi connectivity index (χ1) is 11.0. The van der Waals surface area contributed by atoms with Gasteiger partial charge in [-0.05, 0) is 40.4 Å². The van der Waals surface area contributed by atoms with Crippen LogP contribution in [-0.4, -0.2) is 37.0 Å². The lowest BCUT2D eigenvalue weighted by atomic mass is 10.2. The molecule has 1 unspecified atom stereocenters. The number of hydrogen-bond acceptors (Lipinski definition) is 8. The van der Waals surface area contributed by atoms with Gasteiger partial charge >= 0.3 is 5.97 Å². The highest BCUT2D eigenvalue weighted by molar-refractivity contribution is 7.84. The first-order valence-electron chi connectivity index (χ1n) is 6.52. The summed E-state index contributed by atoms with van der Waals surface area (Å²) in [5, 5.41) is 21.9. The zero-order valence-electron chi connectivity index (χ0n) is 12.4. The van der Waals surface area contributed by atoms with Gasteiger partial charge in [0.05, 0.1) is 23.2 Å². The molecule has 0 saturated carbocycles. The van der Waals surface area contributed by atoms with Crippen molar-refractivity contribution in [2.45, 2.75) is 17.8 Å². The number of esters is 1. The molecule has 0 amide bonds. The number of nitrogens with zero attached hydrogens (tertiary/aromatic N) is 5. The Morgan fingerprint density at radius 3 is 3.00 bits per heavy atom. The van der Waals surface area contributed by atoms with Crippen molar-refractivity contribution in [1.29, 1.82) is 5.26 Å². The Labute approximate surface area is 138 Å². The summed E-state index contributed by atoms with van der Waals surface area (Å²) in [7, 11) is 0.247. The van der Waals surface area contributed by atoms with Gasteiger partial charge in [0.1, 0.15) is 11.6 Å². The quantitative estimate of drug-likeness (QED) is 0.434. The molecule has 23 heavy (non-hydrogen) atoms. The van der Waals surface area contributed by atoms with E-state index in [0.29, 0.717) is 4.88 Å². The number of hydrogen-bond donors (Lipinski definition) is 0. The highest BCUT2D eigenvalue weighted by Crippen LogP contribution is 2.20. The molecule has 0 bridgehead atoms. The third-order valence-corrected chi connectivity index (χ3v) is 4.94. The average Bonchev–Trinajstić information content (AvgIpc) is 3.13. The van der Waals surface area contributed by atoms with Gasteiger partial charge in [-0.15, -0.1) is 11.3 Å². The van der Waals surface area contributed by atoms with E-state index in [1.54, 1.807) is 20.0 Å². The molecule has 2 heterocycles. The van der Waals surface area contributed by atoms with Crippen LogP contribution in [0.25, 0.3) is 6.08 Å². The largest absolute Gasteiger partial charge is 0.462 e. The smallest absolute Gasteiger partial charge is 0.348 e. The Morgan fingerprint density at radius 2 is 2.39 bits per heavy atom. The summed E-state index contributed by atoms with van der Waals surface area (Å²) in [4.78, 5) is 12.3. The molecule has 2 rings (SSSR count). The number of aromatic nitrogens is 4. The van der Waals surface area contributed by atoms with Crippen LogP contribution in [0.3, 0.4) is 0 Å². The predicted octanol–water partition coefficient (Wildman–Crippen LogP) is 1.05. The Hall–Kier alpha value is -2.38. The highest BCUT2D eigenvalue weighted by atomic mass is 32.2. The monoisotopic (exact) mass is 351 g/mol. The zero-order chi connectivity index (χ0) is 16.8. The summed E-state index contributed by atoms with van der Waals surface area (Å²) in [5.74, 6) is -0.404. The first kappa shape index (κ1) is 17.0. The second-order valence-electron chi connectivity index (χ2n) is 4.32. The molecule has 0 radical (unpaired) electrons. The molecule has 120 valence electrons. The SMILES string of the molecule is CCOC(=O)C(C#N)=Cc1cc(CS(=O)c2nnnn2C)cs1. The van der Waals surface area contributed by atoms with Crippen LogP contribution in [0.5, 0.6) is 0 Å². The van der Waals surface area contributed by atoms with Crippen LogP contribution in [0.15, 0.2) is 22.2 Å². The van der Waals surface area contributed by atoms with Crippen LogP contribution >= 0.6 is 11.3 Å². The number of ether oxygens (including phenoxy) is 1. The molecule has 2 aromatic rings. The van der Waals surface area contributed by atoms with Crippen molar-refractivity contribution in [2.75, 3.05) is 6.61 Å². The topological polar surface area (TPSA) is 111 Å². The minimum atomic E-state index is -1.37. The molecule has 0 spiro atoms. The number of carbonyl (C=O) groups is 1. The third kappa shape index (κ3) is 4.30. The first-order valence-corrected chi connectivity index (χ1v) is 8.72. The molecule has 0 aliphatic heterocycles. The van der Waals surface area contributed by atoms with E-state index >= 15 is 0 Å². The minimum Gasteiger partial charge on any atom is -0.462 e. The fourth-order valence-corrected chi connectivity index (χ4v) is 3.67. The number of nitriles is 1. The molecule has 0 saturated heterocycles. The Morgan fingerprint density at radius 1 is 1.61 bits per heavy atom. The van der Waals surface area contributed by atoms with E-state index in [2.05, 4.69) is 15.5 Å². The van der Waals surface area contributed by atoms with Crippen molar-refractivity contribution in [3.05, 3.63) is 27.5 Å². The lowest BCUT2D eigenvalue weighted by Crippen LogP contribution is -2.05. The molecular weight excluding hydrogens is 338 g/mol. The van der Waals surface area contributed by atoms with Crippen LogP contribution in [0.2, 0.25) is 0 Å². The standard InChI is InChI=1S/C13H13N5O3S2/c1-3-21-12(19)10(6-14)5-11-4-9(7-22-11)8-23(20)13-15-16-17-18(13)2/h4-5,7H,3,8H2,1-2H3. The summed E-state index contributed by atoms with van der Waals surface area (Å²) in [6.07, 6.45) is 1.46. The lowest BCUT2D eigenvalue weighted by molar-refractivity contribution is -0.137. The van der Waals surface area contributed by atoms with Crippen molar-refractivity contribution in [3.8, 4) is 6.07 Å². The van der Waals surface area contributed by atoms with Gasteiger partial charge in [-0.25, -0.2) is 9.48 Å². The van der Waals surface area contributed by atoms with Gasteiger partial charge < -0.3 is 4.74 Å². The fraction of sp³-hybridized carbons (Fsp3) is 0.308. The molecule has 2 aromatic heterocycles. The summed E-state index contributed by atoms with van der Waals surface area (Å²) < 4.78 is 18.3. The van der Waals surface area contributed by atoms with Crippen LogP contribution in [0, 0.1) is 11.3 Å². The van der Waals surface area contributed by atoms with E-state index < -0.39 is 16.8 Å². The van der Waals surface area contributed by atoms with E-state index in [-0.39, 0.29) is 23.1 Å².